The lowest BCUT2D eigenvalue weighted by Gasteiger charge is -2.09. The minimum Gasteiger partial charge on any atom is -0.392 e. The highest BCUT2D eigenvalue weighted by Crippen LogP contribution is 2.33. The third kappa shape index (κ3) is 2.84. The van der Waals surface area contributed by atoms with E-state index >= 15 is 0 Å². The molecule has 0 heterocycles. The molecular weight excluding hydrogens is 292 g/mol. The standard InChI is InChI=1S/C11H13BrO3S/c12-9-3-5-10(6-4-9)16(14,15)7-11(13)8-1-2-8/h3-6,8,11,13H,1-2,7H2. The number of benzene rings is 1. The summed E-state index contributed by atoms with van der Waals surface area (Å²) in [6.07, 6.45) is 1.17. The zero-order valence-corrected chi connectivity index (χ0v) is 11.0. The summed E-state index contributed by atoms with van der Waals surface area (Å²) in [6, 6.07) is 6.49. The van der Waals surface area contributed by atoms with Gasteiger partial charge in [0.15, 0.2) is 9.84 Å². The molecule has 3 nitrogen and oxygen atoms in total. The van der Waals surface area contributed by atoms with Crippen molar-refractivity contribution in [2.75, 3.05) is 5.75 Å². The minimum atomic E-state index is -3.35. The van der Waals surface area contributed by atoms with Gasteiger partial charge in [0, 0.05) is 4.47 Å². The van der Waals surface area contributed by atoms with Crippen molar-refractivity contribution in [3.05, 3.63) is 28.7 Å². The van der Waals surface area contributed by atoms with Crippen LogP contribution in [0.1, 0.15) is 12.8 Å². The zero-order valence-electron chi connectivity index (χ0n) is 8.64. The van der Waals surface area contributed by atoms with Crippen molar-refractivity contribution >= 4 is 25.8 Å². The fourth-order valence-electron chi connectivity index (χ4n) is 1.58. The SMILES string of the molecule is O=S(=O)(CC(O)C1CC1)c1ccc(Br)cc1. The van der Waals surface area contributed by atoms with Gasteiger partial charge in [-0.15, -0.1) is 0 Å². The van der Waals surface area contributed by atoms with Gasteiger partial charge in [0.1, 0.15) is 0 Å². The van der Waals surface area contributed by atoms with Crippen molar-refractivity contribution in [3.63, 3.8) is 0 Å². The molecule has 1 unspecified atom stereocenters. The van der Waals surface area contributed by atoms with Crippen LogP contribution >= 0.6 is 15.9 Å². The summed E-state index contributed by atoms with van der Waals surface area (Å²) >= 11 is 3.25. The largest absolute Gasteiger partial charge is 0.392 e. The van der Waals surface area contributed by atoms with Gasteiger partial charge in [-0.3, -0.25) is 0 Å². The lowest BCUT2D eigenvalue weighted by atomic mass is 10.3. The summed E-state index contributed by atoms with van der Waals surface area (Å²) in [7, 11) is -3.35. The number of hydrogen-bond acceptors (Lipinski definition) is 3. The highest BCUT2D eigenvalue weighted by atomic mass is 79.9. The molecule has 5 heteroatoms. The highest BCUT2D eigenvalue weighted by molar-refractivity contribution is 9.10. The van der Waals surface area contributed by atoms with E-state index in [9.17, 15) is 13.5 Å². The number of sulfone groups is 1. The van der Waals surface area contributed by atoms with Gasteiger partial charge in [0.25, 0.3) is 0 Å². The molecule has 0 bridgehead atoms. The smallest absolute Gasteiger partial charge is 0.180 e. The first kappa shape index (κ1) is 12.1. The summed E-state index contributed by atoms with van der Waals surface area (Å²) in [4.78, 5) is 0.274. The van der Waals surface area contributed by atoms with Gasteiger partial charge >= 0.3 is 0 Å². The van der Waals surface area contributed by atoms with Gasteiger partial charge in [-0.05, 0) is 43.0 Å². The molecule has 1 aliphatic carbocycles. The third-order valence-electron chi connectivity index (χ3n) is 2.73. The van der Waals surface area contributed by atoms with Crippen LogP contribution < -0.4 is 0 Å². The maximum atomic E-state index is 11.9. The number of hydrogen-bond donors (Lipinski definition) is 1. The first-order chi connectivity index (χ1) is 7.49. The monoisotopic (exact) mass is 304 g/mol. The van der Waals surface area contributed by atoms with Crippen molar-refractivity contribution in [1.29, 1.82) is 0 Å². The van der Waals surface area contributed by atoms with Gasteiger partial charge in [0.05, 0.1) is 16.8 Å². The number of aliphatic hydroxyl groups is 1. The molecule has 1 fully saturated rings. The summed E-state index contributed by atoms with van der Waals surface area (Å²) in [5, 5.41) is 9.65. The molecule has 0 spiro atoms. The summed E-state index contributed by atoms with van der Waals surface area (Å²) in [5.41, 5.74) is 0. The Labute approximate surface area is 104 Å². The normalized spacial score (nSPS) is 18.4. The van der Waals surface area contributed by atoms with Gasteiger partial charge in [0.2, 0.25) is 0 Å². The van der Waals surface area contributed by atoms with Gasteiger partial charge in [-0.2, -0.15) is 0 Å². The molecule has 0 aliphatic heterocycles. The molecule has 0 radical (unpaired) electrons. The lowest BCUT2D eigenvalue weighted by Crippen LogP contribution is -2.22. The summed E-state index contributed by atoms with van der Waals surface area (Å²) in [5.74, 6) is 0.0180. The van der Waals surface area contributed by atoms with E-state index in [-0.39, 0.29) is 16.6 Å². The fraction of sp³-hybridized carbons (Fsp3) is 0.455. The third-order valence-corrected chi connectivity index (χ3v) is 5.03. The Balaban J connectivity index is 2.14. The molecule has 1 atom stereocenters. The Hall–Kier alpha value is -0.390. The molecule has 16 heavy (non-hydrogen) atoms. The van der Waals surface area contributed by atoms with E-state index < -0.39 is 15.9 Å². The predicted octanol–water partition coefficient (Wildman–Crippen LogP) is 1.99. The average Bonchev–Trinajstić information content (AvgIpc) is 3.00. The van der Waals surface area contributed by atoms with Crippen LogP contribution in [0, 0.1) is 5.92 Å². The Morgan fingerprint density at radius 1 is 1.31 bits per heavy atom. The topological polar surface area (TPSA) is 54.4 Å². The molecule has 0 amide bonds. The van der Waals surface area contributed by atoms with E-state index in [0.29, 0.717) is 0 Å². The second-order valence-electron chi connectivity index (χ2n) is 4.14. The zero-order chi connectivity index (χ0) is 11.8. The van der Waals surface area contributed by atoms with Crippen molar-refractivity contribution in [2.24, 2.45) is 5.92 Å². The second-order valence-corrected chi connectivity index (χ2v) is 7.09. The summed E-state index contributed by atoms with van der Waals surface area (Å²) < 4.78 is 24.7. The molecule has 2 rings (SSSR count). The van der Waals surface area contributed by atoms with Crippen LogP contribution in [0.5, 0.6) is 0 Å². The Kier molecular flexibility index (Phi) is 3.37. The first-order valence-corrected chi connectivity index (χ1v) is 7.60. The van der Waals surface area contributed by atoms with Crippen molar-refractivity contribution in [2.45, 2.75) is 23.8 Å². The number of halogens is 1. The van der Waals surface area contributed by atoms with Crippen molar-refractivity contribution in [3.8, 4) is 0 Å². The van der Waals surface area contributed by atoms with E-state index in [2.05, 4.69) is 15.9 Å². The molecule has 1 aromatic carbocycles. The first-order valence-electron chi connectivity index (χ1n) is 5.15. The quantitative estimate of drug-likeness (QED) is 0.925. The van der Waals surface area contributed by atoms with E-state index in [1.807, 2.05) is 0 Å². The van der Waals surface area contributed by atoms with Crippen molar-refractivity contribution < 1.29 is 13.5 Å². The van der Waals surface area contributed by atoms with E-state index in [4.69, 9.17) is 0 Å². The molecule has 88 valence electrons. The maximum absolute atomic E-state index is 11.9. The average molecular weight is 305 g/mol. The van der Waals surface area contributed by atoms with E-state index in [1.54, 1.807) is 24.3 Å². The maximum Gasteiger partial charge on any atom is 0.180 e. The Morgan fingerprint density at radius 3 is 2.38 bits per heavy atom. The van der Waals surface area contributed by atoms with Gasteiger partial charge in [-0.25, -0.2) is 8.42 Å². The van der Waals surface area contributed by atoms with Crippen LogP contribution in [0.15, 0.2) is 33.6 Å². The van der Waals surface area contributed by atoms with E-state index in [1.165, 1.54) is 0 Å². The number of rotatable bonds is 4. The van der Waals surface area contributed by atoms with Crippen LogP contribution in [-0.4, -0.2) is 25.4 Å². The molecule has 1 aliphatic rings. The Morgan fingerprint density at radius 2 is 1.88 bits per heavy atom. The highest BCUT2D eigenvalue weighted by Gasteiger charge is 2.33. The fourth-order valence-corrected chi connectivity index (χ4v) is 3.31. The molecular formula is C11H13BrO3S. The van der Waals surface area contributed by atoms with Crippen LogP contribution in [-0.2, 0) is 9.84 Å². The predicted molar refractivity (Wildman–Crippen MR) is 64.9 cm³/mol. The molecule has 1 saturated carbocycles. The molecule has 0 aromatic heterocycles. The van der Waals surface area contributed by atoms with Gasteiger partial charge in [-0.1, -0.05) is 15.9 Å². The lowest BCUT2D eigenvalue weighted by molar-refractivity contribution is 0.174. The van der Waals surface area contributed by atoms with E-state index in [0.717, 1.165) is 17.3 Å². The molecule has 1 N–H and O–H groups in total. The second kappa shape index (κ2) is 4.47. The van der Waals surface area contributed by atoms with Crippen LogP contribution in [0.2, 0.25) is 0 Å². The minimum absolute atomic E-state index is 0.167. The van der Waals surface area contributed by atoms with Crippen LogP contribution in [0.4, 0.5) is 0 Å². The Bertz CT molecular complexity index is 463. The van der Waals surface area contributed by atoms with Crippen molar-refractivity contribution in [1.82, 2.24) is 0 Å². The van der Waals surface area contributed by atoms with Crippen LogP contribution in [0.25, 0.3) is 0 Å². The number of aliphatic hydroxyl groups excluding tert-OH is 1. The molecule has 1 aromatic rings. The van der Waals surface area contributed by atoms with Gasteiger partial charge < -0.3 is 5.11 Å². The van der Waals surface area contributed by atoms with Crippen LogP contribution in [0.3, 0.4) is 0 Å². The summed E-state index contributed by atoms with van der Waals surface area (Å²) in [6.45, 7) is 0. The molecule has 0 saturated heterocycles.